The number of hydrogen-bond acceptors (Lipinski definition) is 7. The standard InChI is InChI=1S/C22H19FN4O5/c1-11(26-7-3-2-4-8-26)14-10-15-18(22(29)24-21(15)28)20(27(30)31)17(14)19-13-6-5-12(23)9-16(13)32-25-19/h5-6,9-11H,2-4,7-8H2,1H3,(H,24,28,29). The fourth-order valence-corrected chi connectivity index (χ4v) is 4.69. The molecule has 0 bridgehead atoms. The summed E-state index contributed by atoms with van der Waals surface area (Å²) >= 11 is 0. The number of hydrogen-bond donors (Lipinski definition) is 1. The number of fused-ring (bicyclic) bond motifs is 2. The summed E-state index contributed by atoms with van der Waals surface area (Å²) in [7, 11) is 0. The van der Waals surface area contributed by atoms with Crippen molar-refractivity contribution < 1.29 is 23.4 Å². The van der Waals surface area contributed by atoms with Crippen LogP contribution in [0, 0.1) is 15.9 Å². The number of imide groups is 1. The van der Waals surface area contributed by atoms with Gasteiger partial charge < -0.3 is 4.52 Å². The Morgan fingerprint density at radius 1 is 1.16 bits per heavy atom. The van der Waals surface area contributed by atoms with Crippen LogP contribution in [0.25, 0.3) is 22.2 Å². The Hall–Kier alpha value is -3.66. The van der Waals surface area contributed by atoms with Gasteiger partial charge in [0.15, 0.2) is 5.58 Å². The van der Waals surface area contributed by atoms with Crippen molar-refractivity contribution in [1.82, 2.24) is 15.4 Å². The van der Waals surface area contributed by atoms with Crippen LogP contribution in [0.15, 0.2) is 28.8 Å². The first-order valence-electron chi connectivity index (χ1n) is 10.4. The first-order chi connectivity index (χ1) is 15.4. The van der Waals surface area contributed by atoms with Gasteiger partial charge in [0, 0.05) is 12.1 Å². The number of benzene rings is 2. The van der Waals surface area contributed by atoms with Crippen LogP contribution in [0.4, 0.5) is 10.1 Å². The monoisotopic (exact) mass is 438 g/mol. The Morgan fingerprint density at radius 3 is 2.62 bits per heavy atom. The van der Waals surface area contributed by atoms with Gasteiger partial charge in [-0.2, -0.15) is 0 Å². The molecule has 1 unspecified atom stereocenters. The van der Waals surface area contributed by atoms with E-state index >= 15 is 0 Å². The van der Waals surface area contributed by atoms with E-state index in [4.69, 9.17) is 4.52 Å². The number of piperidine rings is 1. The van der Waals surface area contributed by atoms with Gasteiger partial charge in [-0.05, 0) is 56.6 Å². The second kappa shape index (κ2) is 7.49. The van der Waals surface area contributed by atoms with E-state index < -0.39 is 28.2 Å². The van der Waals surface area contributed by atoms with Gasteiger partial charge in [-0.25, -0.2) is 4.39 Å². The Labute approximate surface area is 181 Å². The highest BCUT2D eigenvalue weighted by molar-refractivity contribution is 6.24. The number of aromatic nitrogens is 1. The van der Waals surface area contributed by atoms with Crippen LogP contribution < -0.4 is 5.32 Å². The summed E-state index contributed by atoms with van der Waals surface area (Å²) in [5, 5.41) is 18.8. The highest BCUT2D eigenvalue weighted by atomic mass is 19.1. The number of likely N-dealkylation sites (tertiary alicyclic amines) is 1. The van der Waals surface area contributed by atoms with Crippen LogP contribution >= 0.6 is 0 Å². The number of rotatable bonds is 4. The molecule has 3 heterocycles. The van der Waals surface area contributed by atoms with Gasteiger partial charge in [-0.1, -0.05) is 11.6 Å². The molecule has 0 spiro atoms. The van der Waals surface area contributed by atoms with E-state index in [1.165, 1.54) is 12.1 Å². The molecule has 0 aliphatic carbocycles. The molecule has 1 aromatic heterocycles. The summed E-state index contributed by atoms with van der Waals surface area (Å²) in [5.74, 6) is -2.02. The van der Waals surface area contributed by atoms with E-state index in [0.717, 1.165) is 38.4 Å². The highest BCUT2D eigenvalue weighted by Gasteiger charge is 2.41. The minimum absolute atomic E-state index is 0.0249. The molecule has 2 aliphatic rings. The van der Waals surface area contributed by atoms with Crippen LogP contribution in [0.1, 0.15) is 58.5 Å². The second-order valence-corrected chi connectivity index (χ2v) is 8.10. The fraction of sp³-hybridized carbons (Fsp3) is 0.318. The lowest BCUT2D eigenvalue weighted by molar-refractivity contribution is -0.384. The first-order valence-corrected chi connectivity index (χ1v) is 10.4. The fourth-order valence-electron chi connectivity index (χ4n) is 4.69. The summed E-state index contributed by atoms with van der Waals surface area (Å²) in [6, 6.07) is 5.06. The summed E-state index contributed by atoms with van der Waals surface area (Å²) < 4.78 is 19.0. The molecular weight excluding hydrogens is 419 g/mol. The third-order valence-electron chi connectivity index (χ3n) is 6.27. The zero-order chi connectivity index (χ0) is 22.6. The molecule has 164 valence electrons. The van der Waals surface area contributed by atoms with Crippen molar-refractivity contribution in [1.29, 1.82) is 0 Å². The Morgan fingerprint density at radius 2 is 1.91 bits per heavy atom. The topological polar surface area (TPSA) is 119 Å². The van der Waals surface area contributed by atoms with Crippen molar-refractivity contribution in [3.8, 4) is 11.3 Å². The van der Waals surface area contributed by atoms with Crippen LogP contribution in [0.5, 0.6) is 0 Å². The van der Waals surface area contributed by atoms with E-state index in [2.05, 4.69) is 15.4 Å². The number of nitrogens with zero attached hydrogens (tertiary/aromatic N) is 3. The summed E-state index contributed by atoms with van der Waals surface area (Å²) in [6.45, 7) is 3.53. The number of nitro groups is 1. The van der Waals surface area contributed by atoms with Crippen LogP contribution in [-0.4, -0.2) is 39.9 Å². The smallest absolute Gasteiger partial charge is 0.292 e. The number of amides is 2. The second-order valence-electron chi connectivity index (χ2n) is 8.10. The third kappa shape index (κ3) is 3.06. The van der Waals surface area contributed by atoms with Crippen molar-refractivity contribution in [2.45, 2.75) is 32.2 Å². The van der Waals surface area contributed by atoms with Crippen molar-refractivity contribution in [2.24, 2.45) is 0 Å². The van der Waals surface area contributed by atoms with Gasteiger partial charge in [-0.3, -0.25) is 29.9 Å². The van der Waals surface area contributed by atoms with E-state index in [1.54, 1.807) is 6.07 Å². The van der Waals surface area contributed by atoms with E-state index in [9.17, 15) is 24.1 Å². The van der Waals surface area contributed by atoms with Gasteiger partial charge in [0.2, 0.25) is 0 Å². The van der Waals surface area contributed by atoms with E-state index in [0.29, 0.717) is 10.9 Å². The predicted octanol–water partition coefficient (Wildman–Crippen LogP) is 3.97. The molecule has 2 amide bonds. The largest absolute Gasteiger partial charge is 0.356 e. The quantitative estimate of drug-likeness (QED) is 0.372. The predicted molar refractivity (Wildman–Crippen MR) is 112 cm³/mol. The number of nitrogens with one attached hydrogen (secondary N) is 1. The molecule has 2 aromatic carbocycles. The Kier molecular flexibility index (Phi) is 4.74. The molecule has 3 aromatic rings. The Bertz CT molecular complexity index is 1300. The molecule has 0 saturated carbocycles. The van der Waals surface area contributed by atoms with Crippen molar-refractivity contribution >= 4 is 28.5 Å². The van der Waals surface area contributed by atoms with Gasteiger partial charge in [0.25, 0.3) is 17.5 Å². The van der Waals surface area contributed by atoms with Gasteiger partial charge in [0.1, 0.15) is 17.1 Å². The molecule has 32 heavy (non-hydrogen) atoms. The molecule has 1 saturated heterocycles. The summed E-state index contributed by atoms with van der Waals surface area (Å²) in [4.78, 5) is 38.7. The molecule has 1 atom stereocenters. The molecule has 2 aliphatic heterocycles. The Balaban J connectivity index is 1.83. The number of halogens is 1. The lowest BCUT2D eigenvalue weighted by Gasteiger charge is -2.33. The molecule has 1 fully saturated rings. The van der Waals surface area contributed by atoms with Gasteiger partial charge >= 0.3 is 0 Å². The third-order valence-corrected chi connectivity index (χ3v) is 6.27. The summed E-state index contributed by atoms with van der Waals surface area (Å²) in [6.07, 6.45) is 3.10. The maximum atomic E-state index is 13.7. The molecule has 5 rings (SSSR count). The SMILES string of the molecule is CC(c1cc2c(c([N+](=O)[O-])c1-c1noc3cc(F)ccc13)C(=O)NC2=O)N1CCCCC1. The summed E-state index contributed by atoms with van der Waals surface area (Å²) in [5.41, 5.74) is 0.0754. The van der Waals surface area contributed by atoms with Gasteiger partial charge in [-0.15, -0.1) is 0 Å². The van der Waals surface area contributed by atoms with Crippen molar-refractivity contribution in [3.05, 3.63) is 56.9 Å². The molecule has 10 heteroatoms. The first kappa shape index (κ1) is 20.3. The zero-order valence-electron chi connectivity index (χ0n) is 17.2. The van der Waals surface area contributed by atoms with Crippen molar-refractivity contribution in [3.63, 3.8) is 0 Å². The normalized spacial score (nSPS) is 17.4. The number of carbonyl (C=O) groups excluding carboxylic acids is 2. The van der Waals surface area contributed by atoms with E-state index in [1.807, 2.05) is 6.92 Å². The zero-order valence-corrected chi connectivity index (χ0v) is 17.2. The lowest BCUT2D eigenvalue weighted by atomic mass is 9.89. The maximum Gasteiger partial charge on any atom is 0.292 e. The van der Waals surface area contributed by atoms with Gasteiger partial charge in [0.05, 0.1) is 21.4 Å². The molecule has 0 radical (unpaired) electrons. The minimum Gasteiger partial charge on any atom is -0.356 e. The maximum absolute atomic E-state index is 13.7. The van der Waals surface area contributed by atoms with Crippen molar-refractivity contribution in [2.75, 3.05) is 13.1 Å². The highest BCUT2D eigenvalue weighted by Crippen LogP contribution is 2.45. The van der Waals surface area contributed by atoms with Crippen LogP contribution in [0.3, 0.4) is 0 Å². The molecule has 9 nitrogen and oxygen atoms in total. The number of nitro benzene ring substituents is 1. The number of carbonyl (C=O) groups is 2. The van der Waals surface area contributed by atoms with E-state index in [-0.39, 0.29) is 34.0 Å². The minimum atomic E-state index is -0.825. The van der Waals surface area contributed by atoms with Crippen LogP contribution in [0.2, 0.25) is 0 Å². The average Bonchev–Trinajstić information content (AvgIpc) is 3.32. The molecule has 1 N–H and O–H groups in total. The average molecular weight is 438 g/mol. The lowest BCUT2D eigenvalue weighted by Crippen LogP contribution is -2.32. The van der Waals surface area contributed by atoms with Crippen LogP contribution in [-0.2, 0) is 0 Å². The molecular formula is C22H19FN4O5.